The van der Waals surface area contributed by atoms with Crippen LogP contribution in [0.3, 0.4) is 0 Å². The van der Waals surface area contributed by atoms with Gasteiger partial charge in [-0.1, -0.05) is 19.4 Å². The number of sulfonamides is 1. The molecule has 0 radical (unpaired) electrons. The van der Waals surface area contributed by atoms with Gasteiger partial charge in [-0.2, -0.15) is 11.8 Å². The molecule has 2 rings (SSSR count). The first-order valence-electron chi connectivity index (χ1n) is 7.10. The number of thioether (sulfide) groups is 1. The van der Waals surface area contributed by atoms with Crippen LogP contribution in [-0.2, 0) is 16.6 Å². The van der Waals surface area contributed by atoms with Crippen molar-refractivity contribution >= 4 is 21.8 Å². The molecule has 3 N–H and O–H groups in total. The molecule has 118 valence electrons. The van der Waals surface area contributed by atoms with E-state index >= 15 is 0 Å². The molecular formula is C14H21FN2O2S2. The summed E-state index contributed by atoms with van der Waals surface area (Å²) < 4.78 is 41.4. The standard InChI is InChI=1S/C14H21FN2O2S2/c1-2-20-13-5-3-4-12(13)17-21(18,19)14-8-10(9-16)6-7-11(14)15/h6-8,12-13,17H,2-5,9,16H2,1H3. The fourth-order valence-electron chi connectivity index (χ4n) is 2.62. The molecule has 0 aromatic heterocycles. The minimum Gasteiger partial charge on any atom is -0.326 e. The van der Waals surface area contributed by atoms with Crippen LogP contribution in [0.5, 0.6) is 0 Å². The average Bonchev–Trinajstić information content (AvgIpc) is 2.86. The number of hydrogen-bond acceptors (Lipinski definition) is 4. The van der Waals surface area contributed by atoms with Crippen LogP contribution < -0.4 is 10.5 Å². The second-order valence-electron chi connectivity index (χ2n) is 5.12. The van der Waals surface area contributed by atoms with Crippen LogP contribution in [0.25, 0.3) is 0 Å². The molecule has 4 nitrogen and oxygen atoms in total. The number of rotatable bonds is 6. The van der Waals surface area contributed by atoms with Crippen LogP contribution in [0.15, 0.2) is 23.1 Å². The van der Waals surface area contributed by atoms with E-state index in [1.54, 1.807) is 11.8 Å². The fourth-order valence-corrected chi connectivity index (χ4v) is 5.34. The van der Waals surface area contributed by atoms with E-state index in [0.717, 1.165) is 31.1 Å². The number of benzene rings is 1. The topological polar surface area (TPSA) is 72.2 Å². The number of halogens is 1. The molecule has 0 amide bonds. The normalized spacial score (nSPS) is 22.6. The molecular weight excluding hydrogens is 311 g/mol. The van der Waals surface area contributed by atoms with Crippen molar-refractivity contribution in [1.82, 2.24) is 4.72 Å². The van der Waals surface area contributed by atoms with Gasteiger partial charge in [0.2, 0.25) is 10.0 Å². The van der Waals surface area contributed by atoms with Gasteiger partial charge in [-0.3, -0.25) is 0 Å². The van der Waals surface area contributed by atoms with Gasteiger partial charge in [0.15, 0.2) is 0 Å². The van der Waals surface area contributed by atoms with Gasteiger partial charge >= 0.3 is 0 Å². The highest BCUT2D eigenvalue weighted by molar-refractivity contribution is 8.00. The summed E-state index contributed by atoms with van der Waals surface area (Å²) in [7, 11) is -3.85. The zero-order valence-electron chi connectivity index (χ0n) is 12.0. The number of nitrogens with one attached hydrogen (secondary N) is 1. The lowest BCUT2D eigenvalue weighted by Crippen LogP contribution is -2.39. The molecule has 0 heterocycles. The van der Waals surface area contributed by atoms with Gasteiger partial charge < -0.3 is 5.73 Å². The first-order chi connectivity index (χ1) is 9.97. The Morgan fingerprint density at radius 2 is 2.19 bits per heavy atom. The van der Waals surface area contributed by atoms with E-state index in [0.29, 0.717) is 5.56 Å². The van der Waals surface area contributed by atoms with Crippen LogP contribution in [0.2, 0.25) is 0 Å². The maximum absolute atomic E-state index is 13.9. The van der Waals surface area contributed by atoms with Crippen molar-refractivity contribution in [3.8, 4) is 0 Å². The van der Waals surface area contributed by atoms with Gasteiger partial charge in [0.05, 0.1) is 0 Å². The van der Waals surface area contributed by atoms with Gasteiger partial charge in [0.1, 0.15) is 10.7 Å². The van der Waals surface area contributed by atoms with Crippen LogP contribution in [-0.4, -0.2) is 25.5 Å². The summed E-state index contributed by atoms with van der Waals surface area (Å²) in [4.78, 5) is -0.308. The summed E-state index contributed by atoms with van der Waals surface area (Å²) in [6.07, 6.45) is 2.79. The first-order valence-corrected chi connectivity index (χ1v) is 9.63. The third-order valence-corrected chi connectivity index (χ3v) is 6.49. The van der Waals surface area contributed by atoms with Gasteiger partial charge in [0, 0.05) is 17.8 Å². The van der Waals surface area contributed by atoms with Crippen LogP contribution in [0.1, 0.15) is 31.7 Å². The average molecular weight is 332 g/mol. The second-order valence-corrected chi connectivity index (χ2v) is 8.32. The predicted octanol–water partition coefficient (Wildman–Crippen LogP) is 2.24. The Morgan fingerprint density at radius 1 is 1.43 bits per heavy atom. The predicted molar refractivity (Wildman–Crippen MR) is 84.2 cm³/mol. The van der Waals surface area contributed by atoms with Gasteiger partial charge in [-0.05, 0) is 36.3 Å². The van der Waals surface area contributed by atoms with E-state index in [9.17, 15) is 12.8 Å². The maximum Gasteiger partial charge on any atom is 0.243 e. The van der Waals surface area contributed by atoms with E-state index in [-0.39, 0.29) is 22.7 Å². The molecule has 0 aliphatic heterocycles. The summed E-state index contributed by atoms with van der Waals surface area (Å²) in [5, 5.41) is 0.269. The van der Waals surface area contributed by atoms with E-state index in [4.69, 9.17) is 5.73 Å². The molecule has 1 saturated carbocycles. The Morgan fingerprint density at radius 3 is 2.86 bits per heavy atom. The first kappa shape index (κ1) is 16.7. The molecule has 0 bridgehead atoms. The minimum atomic E-state index is -3.85. The Hall–Kier alpha value is -0.630. The zero-order valence-corrected chi connectivity index (χ0v) is 13.6. The molecule has 1 aliphatic rings. The van der Waals surface area contributed by atoms with Crippen LogP contribution in [0, 0.1) is 5.82 Å². The SMILES string of the molecule is CCSC1CCCC1NS(=O)(=O)c1cc(CN)ccc1F. The lowest BCUT2D eigenvalue weighted by molar-refractivity contribution is 0.538. The van der Waals surface area contributed by atoms with E-state index in [1.807, 2.05) is 0 Å². The highest BCUT2D eigenvalue weighted by Gasteiger charge is 2.32. The van der Waals surface area contributed by atoms with Crippen molar-refractivity contribution in [3.63, 3.8) is 0 Å². The Bertz CT molecular complexity index is 593. The van der Waals surface area contributed by atoms with Gasteiger partial charge in [-0.25, -0.2) is 17.5 Å². The molecule has 2 atom stereocenters. The van der Waals surface area contributed by atoms with Crippen LogP contribution in [0.4, 0.5) is 4.39 Å². The lowest BCUT2D eigenvalue weighted by Gasteiger charge is -2.20. The summed E-state index contributed by atoms with van der Waals surface area (Å²) in [5.74, 6) is 0.206. The molecule has 1 aromatic carbocycles. The van der Waals surface area contributed by atoms with Gasteiger partial charge in [0.25, 0.3) is 0 Å². The summed E-state index contributed by atoms with van der Waals surface area (Å²) in [6.45, 7) is 2.24. The summed E-state index contributed by atoms with van der Waals surface area (Å²) in [6, 6.07) is 3.85. The molecule has 2 unspecified atom stereocenters. The Labute approximate surface area is 129 Å². The van der Waals surface area contributed by atoms with E-state index in [2.05, 4.69) is 11.6 Å². The highest BCUT2D eigenvalue weighted by atomic mass is 32.2. The largest absolute Gasteiger partial charge is 0.326 e. The minimum absolute atomic E-state index is 0.124. The number of nitrogens with two attached hydrogens (primary N) is 1. The maximum atomic E-state index is 13.9. The van der Waals surface area contributed by atoms with Crippen molar-refractivity contribution in [2.75, 3.05) is 5.75 Å². The zero-order chi connectivity index (χ0) is 15.5. The molecule has 1 fully saturated rings. The van der Waals surface area contributed by atoms with Crippen molar-refractivity contribution < 1.29 is 12.8 Å². The van der Waals surface area contributed by atoms with E-state index < -0.39 is 15.8 Å². The van der Waals surface area contributed by atoms with Crippen molar-refractivity contribution in [2.45, 2.75) is 48.9 Å². The molecule has 7 heteroatoms. The van der Waals surface area contributed by atoms with E-state index in [1.165, 1.54) is 12.1 Å². The van der Waals surface area contributed by atoms with Crippen molar-refractivity contribution in [2.24, 2.45) is 5.73 Å². The van der Waals surface area contributed by atoms with Gasteiger partial charge in [-0.15, -0.1) is 0 Å². The smallest absolute Gasteiger partial charge is 0.243 e. The van der Waals surface area contributed by atoms with Crippen LogP contribution >= 0.6 is 11.8 Å². The van der Waals surface area contributed by atoms with Crippen molar-refractivity contribution in [3.05, 3.63) is 29.6 Å². The lowest BCUT2D eigenvalue weighted by atomic mass is 10.2. The summed E-state index contributed by atoms with van der Waals surface area (Å²) in [5.41, 5.74) is 6.10. The third kappa shape index (κ3) is 3.97. The summed E-state index contributed by atoms with van der Waals surface area (Å²) >= 11 is 1.75. The van der Waals surface area contributed by atoms with Crippen molar-refractivity contribution in [1.29, 1.82) is 0 Å². The Kier molecular flexibility index (Phi) is 5.65. The molecule has 21 heavy (non-hydrogen) atoms. The number of hydrogen-bond donors (Lipinski definition) is 2. The molecule has 0 saturated heterocycles. The second kappa shape index (κ2) is 7.09. The monoisotopic (exact) mass is 332 g/mol. The quantitative estimate of drug-likeness (QED) is 0.838. The Balaban J connectivity index is 2.22. The fraction of sp³-hybridized carbons (Fsp3) is 0.571. The molecule has 1 aliphatic carbocycles. The highest BCUT2D eigenvalue weighted by Crippen LogP contribution is 2.31. The third-order valence-electron chi connectivity index (χ3n) is 3.66. The molecule has 1 aromatic rings. The molecule has 0 spiro atoms.